The summed E-state index contributed by atoms with van der Waals surface area (Å²) in [5, 5.41) is 9.57. The Morgan fingerprint density at radius 3 is 2.78 bits per heavy atom. The van der Waals surface area contributed by atoms with Gasteiger partial charge in [-0.25, -0.2) is 8.42 Å². The molecular weight excluding hydrogens is 254 g/mol. The van der Waals surface area contributed by atoms with Crippen molar-refractivity contribution in [3.05, 3.63) is 24.3 Å². The molecule has 1 heterocycles. The SMILES string of the molecule is NNc1ccccc1S(=O)(=O)N1CCCC(O)C1. The molecule has 0 aromatic heterocycles. The quantitative estimate of drug-likeness (QED) is 0.536. The molecule has 1 aliphatic heterocycles. The predicted octanol–water partition coefficient (Wildman–Crippen LogP) is 0.118. The number of β-amino-alcohol motifs (C(OH)–C–C–N with tert-alkyl or cyclic N) is 1. The van der Waals surface area contributed by atoms with Crippen LogP contribution in [0.15, 0.2) is 29.2 Å². The molecule has 1 aliphatic rings. The van der Waals surface area contributed by atoms with Crippen LogP contribution < -0.4 is 11.3 Å². The standard InChI is InChI=1S/C11H17N3O3S/c12-13-10-5-1-2-6-11(10)18(16,17)14-7-3-4-9(15)8-14/h1-2,5-6,9,13,15H,3-4,7-8,12H2. The fourth-order valence-corrected chi connectivity index (χ4v) is 3.76. The molecule has 0 bridgehead atoms. The topological polar surface area (TPSA) is 95.7 Å². The smallest absolute Gasteiger partial charge is 0.245 e. The fourth-order valence-electron chi connectivity index (χ4n) is 2.09. The average molecular weight is 271 g/mol. The third kappa shape index (κ3) is 2.49. The average Bonchev–Trinajstić information content (AvgIpc) is 2.38. The molecule has 0 radical (unpaired) electrons. The van der Waals surface area contributed by atoms with Crippen molar-refractivity contribution in [3.63, 3.8) is 0 Å². The first-order valence-electron chi connectivity index (χ1n) is 5.79. The lowest BCUT2D eigenvalue weighted by Gasteiger charge is -2.29. The van der Waals surface area contributed by atoms with Crippen molar-refractivity contribution in [3.8, 4) is 0 Å². The Morgan fingerprint density at radius 2 is 2.11 bits per heavy atom. The minimum Gasteiger partial charge on any atom is -0.392 e. The molecule has 18 heavy (non-hydrogen) atoms. The number of nitrogen functional groups attached to an aromatic ring is 1. The van der Waals surface area contributed by atoms with Gasteiger partial charge in [0.2, 0.25) is 10.0 Å². The van der Waals surface area contributed by atoms with E-state index in [9.17, 15) is 13.5 Å². The summed E-state index contributed by atoms with van der Waals surface area (Å²) in [5.74, 6) is 5.32. The van der Waals surface area contributed by atoms with Gasteiger partial charge in [-0.05, 0) is 25.0 Å². The van der Waals surface area contributed by atoms with Crippen LogP contribution in [0, 0.1) is 0 Å². The Labute approximate surface area is 106 Å². The largest absolute Gasteiger partial charge is 0.392 e. The zero-order chi connectivity index (χ0) is 13.2. The normalized spacial score (nSPS) is 21.8. The second-order valence-corrected chi connectivity index (χ2v) is 6.21. The molecule has 2 rings (SSSR count). The first kappa shape index (κ1) is 13.3. The fraction of sp³-hybridized carbons (Fsp3) is 0.455. The van der Waals surface area contributed by atoms with Crippen molar-refractivity contribution in [1.82, 2.24) is 4.31 Å². The van der Waals surface area contributed by atoms with Crippen molar-refractivity contribution in [2.45, 2.75) is 23.8 Å². The van der Waals surface area contributed by atoms with Gasteiger partial charge in [0.1, 0.15) is 4.90 Å². The zero-order valence-corrected chi connectivity index (χ0v) is 10.7. The van der Waals surface area contributed by atoms with Gasteiger partial charge >= 0.3 is 0 Å². The number of rotatable bonds is 3. The van der Waals surface area contributed by atoms with E-state index in [1.807, 2.05) is 0 Å². The van der Waals surface area contributed by atoms with Gasteiger partial charge in [0.25, 0.3) is 0 Å². The summed E-state index contributed by atoms with van der Waals surface area (Å²) in [6.07, 6.45) is 0.716. The highest BCUT2D eigenvalue weighted by Crippen LogP contribution is 2.26. The lowest BCUT2D eigenvalue weighted by atomic mass is 10.1. The van der Waals surface area contributed by atoms with E-state index in [4.69, 9.17) is 5.84 Å². The van der Waals surface area contributed by atoms with Gasteiger partial charge in [-0.2, -0.15) is 4.31 Å². The number of sulfonamides is 1. The van der Waals surface area contributed by atoms with E-state index in [-0.39, 0.29) is 11.4 Å². The molecule has 0 spiro atoms. The molecule has 0 saturated carbocycles. The van der Waals surface area contributed by atoms with Crippen LogP contribution in [0.3, 0.4) is 0 Å². The summed E-state index contributed by atoms with van der Waals surface area (Å²) in [4.78, 5) is 0.140. The maximum atomic E-state index is 12.4. The molecule has 0 amide bonds. The second-order valence-electron chi connectivity index (χ2n) is 4.30. The lowest BCUT2D eigenvalue weighted by molar-refractivity contribution is 0.108. The number of hydrazine groups is 1. The third-order valence-electron chi connectivity index (χ3n) is 3.02. The number of aliphatic hydroxyl groups is 1. The van der Waals surface area contributed by atoms with E-state index >= 15 is 0 Å². The third-order valence-corrected chi connectivity index (χ3v) is 4.94. The Balaban J connectivity index is 2.35. The number of piperidine rings is 1. The number of para-hydroxylation sites is 1. The Morgan fingerprint density at radius 1 is 1.39 bits per heavy atom. The Hall–Kier alpha value is -1.15. The maximum Gasteiger partial charge on any atom is 0.245 e. The van der Waals surface area contributed by atoms with Crippen LogP contribution in [0.25, 0.3) is 0 Å². The van der Waals surface area contributed by atoms with Crippen LogP contribution >= 0.6 is 0 Å². The van der Waals surface area contributed by atoms with E-state index in [1.165, 1.54) is 10.4 Å². The van der Waals surface area contributed by atoms with Crippen molar-refractivity contribution in [2.24, 2.45) is 5.84 Å². The van der Waals surface area contributed by atoms with Crippen LogP contribution in [0.2, 0.25) is 0 Å². The number of aliphatic hydroxyl groups excluding tert-OH is 1. The maximum absolute atomic E-state index is 12.4. The summed E-state index contributed by atoms with van der Waals surface area (Å²) >= 11 is 0. The second kappa shape index (κ2) is 5.23. The molecule has 1 aromatic rings. The Kier molecular flexibility index (Phi) is 3.86. The molecular formula is C11H17N3O3S. The van der Waals surface area contributed by atoms with Gasteiger partial charge in [0.05, 0.1) is 11.8 Å². The van der Waals surface area contributed by atoms with E-state index in [0.29, 0.717) is 25.1 Å². The number of nitrogens with one attached hydrogen (secondary N) is 1. The van der Waals surface area contributed by atoms with E-state index in [2.05, 4.69) is 5.43 Å². The highest BCUT2D eigenvalue weighted by atomic mass is 32.2. The number of benzene rings is 1. The molecule has 1 unspecified atom stereocenters. The van der Waals surface area contributed by atoms with Gasteiger partial charge in [-0.15, -0.1) is 0 Å². The van der Waals surface area contributed by atoms with Gasteiger partial charge in [0, 0.05) is 13.1 Å². The monoisotopic (exact) mass is 271 g/mol. The van der Waals surface area contributed by atoms with Crippen molar-refractivity contribution < 1.29 is 13.5 Å². The van der Waals surface area contributed by atoms with Gasteiger partial charge in [-0.3, -0.25) is 5.84 Å². The molecule has 7 heteroatoms. The molecule has 0 aliphatic carbocycles. The van der Waals surface area contributed by atoms with Crippen molar-refractivity contribution in [2.75, 3.05) is 18.5 Å². The first-order valence-corrected chi connectivity index (χ1v) is 7.23. The molecule has 6 nitrogen and oxygen atoms in total. The lowest BCUT2D eigenvalue weighted by Crippen LogP contribution is -2.42. The number of anilines is 1. The highest BCUT2D eigenvalue weighted by molar-refractivity contribution is 7.89. The Bertz CT molecular complexity index is 518. The van der Waals surface area contributed by atoms with Crippen LogP contribution in [-0.4, -0.2) is 37.0 Å². The summed E-state index contributed by atoms with van der Waals surface area (Å²) in [7, 11) is -3.61. The minimum absolute atomic E-state index is 0.140. The van der Waals surface area contributed by atoms with E-state index in [0.717, 1.165) is 0 Å². The highest BCUT2D eigenvalue weighted by Gasteiger charge is 2.30. The summed E-state index contributed by atoms with van der Waals surface area (Å²) in [6, 6.07) is 6.46. The summed E-state index contributed by atoms with van der Waals surface area (Å²) in [5.41, 5.74) is 2.74. The molecule has 1 saturated heterocycles. The number of hydrogen-bond donors (Lipinski definition) is 3. The van der Waals surface area contributed by atoms with Gasteiger partial charge in [-0.1, -0.05) is 12.1 Å². The number of nitrogens with zero attached hydrogens (tertiary/aromatic N) is 1. The van der Waals surface area contributed by atoms with Crippen LogP contribution in [0.4, 0.5) is 5.69 Å². The zero-order valence-electron chi connectivity index (χ0n) is 9.91. The van der Waals surface area contributed by atoms with Crippen LogP contribution in [-0.2, 0) is 10.0 Å². The van der Waals surface area contributed by atoms with Gasteiger partial charge < -0.3 is 10.5 Å². The number of hydrogen-bond acceptors (Lipinski definition) is 5. The summed E-state index contributed by atoms with van der Waals surface area (Å²) < 4.78 is 26.2. The van der Waals surface area contributed by atoms with Crippen LogP contribution in [0.5, 0.6) is 0 Å². The molecule has 100 valence electrons. The minimum atomic E-state index is -3.61. The van der Waals surface area contributed by atoms with E-state index in [1.54, 1.807) is 18.2 Å². The van der Waals surface area contributed by atoms with Crippen LogP contribution in [0.1, 0.15) is 12.8 Å². The van der Waals surface area contributed by atoms with Gasteiger partial charge in [0.15, 0.2) is 0 Å². The van der Waals surface area contributed by atoms with Crippen molar-refractivity contribution >= 4 is 15.7 Å². The first-order chi connectivity index (χ1) is 8.55. The molecule has 1 fully saturated rings. The van der Waals surface area contributed by atoms with Crippen molar-refractivity contribution in [1.29, 1.82) is 0 Å². The number of nitrogens with two attached hydrogens (primary N) is 1. The van der Waals surface area contributed by atoms with E-state index < -0.39 is 16.1 Å². The molecule has 4 N–H and O–H groups in total. The summed E-state index contributed by atoms with van der Waals surface area (Å²) in [6.45, 7) is 0.569. The molecule has 1 atom stereocenters. The molecule has 1 aromatic carbocycles. The predicted molar refractivity (Wildman–Crippen MR) is 68.3 cm³/mol.